The van der Waals surface area contributed by atoms with Crippen LogP contribution in [0.1, 0.15) is 16.1 Å². The highest BCUT2D eigenvalue weighted by atomic mass is 79.9. The fourth-order valence-electron chi connectivity index (χ4n) is 2.39. The number of carboxylic acids is 1. The van der Waals surface area contributed by atoms with E-state index in [1.54, 1.807) is 24.3 Å². The van der Waals surface area contributed by atoms with Crippen LogP contribution in [0.4, 0.5) is 13.2 Å². The molecule has 128 valence electrons. The summed E-state index contributed by atoms with van der Waals surface area (Å²) in [4.78, 5) is 11.3. The molecule has 0 fully saturated rings. The molecule has 0 aliphatic carbocycles. The summed E-state index contributed by atoms with van der Waals surface area (Å²) in [6.45, 7) is 0. The molecular formula is C17H10BrF3N2O2. The summed E-state index contributed by atoms with van der Waals surface area (Å²) in [7, 11) is 0. The van der Waals surface area contributed by atoms with Gasteiger partial charge in [-0.25, -0.2) is 9.48 Å². The maximum absolute atomic E-state index is 13.3. The van der Waals surface area contributed by atoms with Crippen LogP contribution >= 0.6 is 15.9 Å². The number of para-hydroxylation sites is 1. The number of carbonyl (C=O) groups is 1. The van der Waals surface area contributed by atoms with E-state index in [1.807, 2.05) is 0 Å². The fraction of sp³-hybridized carbons (Fsp3) is 0.0588. The number of carboxylic acid groups (broad SMARTS) is 1. The maximum Gasteiger partial charge on any atom is 0.418 e. The third-order valence-corrected chi connectivity index (χ3v) is 4.03. The summed E-state index contributed by atoms with van der Waals surface area (Å²) in [5, 5.41) is 13.0. The van der Waals surface area contributed by atoms with Gasteiger partial charge >= 0.3 is 12.1 Å². The standard InChI is InChI=1S/C17H10BrF3N2O2/c18-11-7-5-10(6-8-11)15-9-13(16(24)25)22-23(15)14-4-2-1-3-12(14)17(19,20)21/h1-9H,(H,24,25). The van der Waals surface area contributed by atoms with Crippen LogP contribution in [-0.4, -0.2) is 20.9 Å². The third-order valence-electron chi connectivity index (χ3n) is 3.51. The minimum atomic E-state index is -4.59. The molecule has 0 saturated heterocycles. The average Bonchev–Trinajstić information content (AvgIpc) is 3.00. The van der Waals surface area contributed by atoms with Crippen molar-refractivity contribution in [2.45, 2.75) is 6.18 Å². The Morgan fingerprint density at radius 1 is 1.08 bits per heavy atom. The SMILES string of the molecule is O=C(O)c1cc(-c2ccc(Br)cc2)n(-c2ccccc2C(F)(F)F)n1. The second kappa shape index (κ2) is 6.36. The third kappa shape index (κ3) is 3.43. The monoisotopic (exact) mass is 410 g/mol. The summed E-state index contributed by atoms with van der Waals surface area (Å²) in [5.41, 5.74) is -0.675. The van der Waals surface area contributed by atoms with E-state index in [0.717, 1.165) is 15.2 Å². The van der Waals surface area contributed by atoms with Gasteiger partial charge in [-0.05, 0) is 30.3 Å². The Morgan fingerprint density at radius 2 is 1.72 bits per heavy atom. The molecule has 4 nitrogen and oxygen atoms in total. The fourth-order valence-corrected chi connectivity index (χ4v) is 2.66. The van der Waals surface area contributed by atoms with Crippen molar-refractivity contribution >= 4 is 21.9 Å². The van der Waals surface area contributed by atoms with Gasteiger partial charge in [-0.2, -0.15) is 18.3 Å². The Labute approximate surface area is 148 Å². The predicted octanol–water partition coefficient (Wildman–Crippen LogP) is 5.02. The lowest BCUT2D eigenvalue weighted by Gasteiger charge is -2.14. The highest BCUT2D eigenvalue weighted by Gasteiger charge is 2.34. The normalized spacial score (nSPS) is 11.5. The van der Waals surface area contributed by atoms with E-state index < -0.39 is 17.7 Å². The zero-order chi connectivity index (χ0) is 18.2. The van der Waals surface area contributed by atoms with E-state index in [-0.39, 0.29) is 17.1 Å². The first-order chi connectivity index (χ1) is 11.8. The van der Waals surface area contributed by atoms with Crippen molar-refractivity contribution in [2.24, 2.45) is 0 Å². The Morgan fingerprint density at radius 3 is 2.32 bits per heavy atom. The van der Waals surface area contributed by atoms with Crippen LogP contribution in [0.2, 0.25) is 0 Å². The molecule has 0 aliphatic rings. The predicted molar refractivity (Wildman–Crippen MR) is 88.7 cm³/mol. The van der Waals surface area contributed by atoms with Gasteiger partial charge in [0.05, 0.1) is 16.9 Å². The van der Waals surface area contributed by atoms with Crippen LogP contribution in [0, 0.1) is 0 Å². The zero-order valence-electron chi connectivity index (χ0n) is 12.5. The number of alkyl halides is 3. The average molecular weight is 411 g/mol. The van der Waals surface area contributed by atoms with E-state index >= 15 is 0 Å². The molecular weight excluding hydrogens is 401 g/mol. The number of nitrogens with zero attached hydrogens (tertiary/aromatic N) is 2. The quantitative estimate of drug-likeness (QED) is 0.659. The highest BCUT2D eigenvalue weighted by Crippen LogP contribution is 2.35. The zero-order valence-corrected chi connectivity index (χ0v) is 14.0. The lowest BCUT2D eigenvalue weighted by Crippen LogP contribution is -2.12. The molecule has 0 spiro atoms. The van der Waals surface area contributed by atoms with E-state index in [4.69, 9.17) is 0 Å². The van der Waals surface area contributed by atoms with Gasteiger partial charge in [0.1, 0.15) is 0 Å². The largest absolute Gasteiger partial charge is 0.476 e. The highest BCUT2D eigenvalue weighted by molar-refractivity contribution is 9.10. The van der Waals surface area contributed by atoms with Crippen molar-refractivity contribution in [1.29, 1.82) is 0 Å². The van der Waals surface area contributed by atoms with Gasteiger partial charge in [0.15, 0.2) is 5.69 Å². The van der Waals surface area contributed by atoms with E-state index in [2.05, 4.69) is 21.0 Å². The minimum absolute atomic E-state index is 0.236. The van der Waals surface area contributed by atoms with Gasteiger partial charge in [-0.1, -0.05) is 40.2 Å². The molecule has 1 heterocycles. The topological polar surface area (TPSA) is 55.1 Å². The number of aromatic carboxylic acids is 1. The first-order valence-electron chi connectivity index (χ1n) is 7.03. The van der Waals surface area contributed by atoms with Crippen molar-refractivity contribution in [3.05, 3.63) is 70.3 Å². The lowest BCUT2D eigenvalue weighted by molar-refractivity contribution is -0.137. The molecule has 8 heteroatoms. The minimum Gasteiger partial charge on any atom is -0.476 e. The van der Waals surface area contributed by atoms with Gasteiger partial charge < -0.3 is 5.11 Å². The molecule has 0 aliphatic heterocycles. The van der Waals surface area contributed by atoms with Crippen LogP contribution in [0.5, 0.6) is 0 Å². The Balaban J connectivity index is 2.27. The number of hydrogen-bond acceptors (Lipinski definition) is 2. The maximum atomic E-state index is 13.3. The Bertz CT molecular complexity index is 934. The Kier molecular flexibility index (Phi) is 4.38. The molecule has 0 atom stereocenters. The number of benzene rings is 2. The van der Waals surface area contributed by atoms with Gasteiger partial charge in [-0.3, -0.25) is 0 Å². The molecule has 0 radical (unpaired) electrons. The molecule has 25 heavy (non-hydrogen) atoms. The molecule has 0 unspecified atom stereocenters. The van der Waals surface area contributed by atoms with E-state index in [1.165, 1.54) is 24.3 Å². The molecule has 0 bridgehead atoms. The first kappa shape index (κ1) is 17.2. The lowest BCUT2D eigenvalue weighted by atomic mass is 10.1. The molecule has 0 saturated carbocycles. The summed E-state index contributed by atoms with van der Waals surface area (Å²) in [6.07, 6.45) is -4.59. The van der Waals surface area contributed by atoms with Crippen molar-refractivity contribution in [3.8, 4) is 16.9 Å². The molecule has 3 rings (SSSR count). The number of hydrogen-bond donors (Lipinski definition) is 1. The van der Waals surface area contributed by atoms with Crippen LogP contribution in [0.3, 0.4) is 0 Å². The van der Waals surface area contributed by atoms with Gasteiger partial charge in [0.2, 0.25) is 0 Å². The van der Waals surface area contributed by atoms with Gasteiger partial charge in [-0.15, -0.1) is 0 Å². The van der Waals surface area contributed by atoms with Crippen LogP contribution in [0.15, 0.2) is 59.1 Å². The van der Waals surface area contributed by atoms with Gasteiger partial charge in [0.25, 0.3) is 0 Å². The van der Waals surface area contributed by atoms with Crippen molar-refractivity contribution in [2.75, 3.05) is 0 Å². The number of halogens is 4. The summed E-state index contributed by atoms with van der Waals surface area (Å²) in [6, 6.07) is 12.9. The van der Waals surface area contributed by atoms with Crippen molar-refractivity contribution in [3.63, 3.8) is 0 Å². The van der Waals surface area contributed by atoms with Crippen molar-refractivity contribution < 1.29 is 23.1 Å². The second-order valence-electron chi connectivity index (χ2n) is 5.15. The summed E-state index contributed by atoms with van der Waals surface area (Å²) >= 11 is 3.28. The smallest absolute Gasteiger partial charge is 0.418 e. The molecule has 3 aromatic rings. The second-order valence-corrected chi connectivity index (χ2v) is 6.07. The molecule has 0 amide bonds. The van der Waals surface area contributed by atoms with E-state index in [0.29, 0.717) is 5.56 Å². The summed E-state index contributed by atoms with van der Waals surface area (Å²) in [5.74, 6) is -1.32. The van der Waals surface area contributed by atoms with Crippen LogP contribution in [-0.2, 0) is 6.18 Å². The van der Waals surface area contributed by atoms with Crippen molar-refractivity contribution in [1.82, 2.24) is 9.78 Å². The van der Waals surface area contributed by atoms with Gasteiger partial charge in [0, 0.05) is 10.0 Å². The Hall–Kier alpha value is -2.61. The van der Waals surface area contributed by atoms with Crippen LogP contribution in [0.25, 0.3) is 16.9 Å². The number of rotatable bonds is 3. The first-order valence-corrected chi connectivity index (χ1v) is 7.82. The summed E-state index contributed by atoms with van der Waals surface area (Å²) < 4.78 is 41.8. The number of aromatic nitrogens is 2. The molecule has 2 aromatic carbocycles. The van der Waals surface area contributed by atoms with E-state index in [9.17, 15) is 23.1 Å². The van der Waals surface area contributed by atoms with Crippen LogP contribution < -0.4 is 0 Å². The molecule has 1 aromatic heterocycles. The molecule has 1 N–H and O–H groups in total.